The maximum absolute atomic E-state index is 11.9. The molecule has 0 saturated carbocycles. The first-order valence-corrected chi connectivity index (χ1v) is 8.53. The zero-order valence-corrected chi connectivity index (χ0v) is 13.6. The van der Waals surface area contributed by atoms with Gasteiger partial charge in [0.25, 0.3) is 0 Å². The van der Waals surface area contributed by atoms with Crippen LogP contribution in [0.25, 0.3) is 0 Å². The Bertz CT molecular complexity index is 520. The van der Waals surface area contributed by atoms with Crippen LogP contribution in [0.2, 0.25) is 0 Å². The summed E-state index contributed by atoms with van der Waals surface area (Å²) in [7, 11) is 0. The van der Waals surface area contributed by atoms with E-state index in [1.807, 2.05) is 0 Å². The van der Waals surface area contributed by atoms with Gasteiger partial charge < -0.3 is 9.47 Å². The molecule has 1 fully saturated rings. The molecule has 1 aromatic rings. The van der Waals surface area contributed by atoms with Gasteiger partial charge in [0, 0.05) is 52.0 Å². The van der Waals surface area contributed by atoms with Crippen LogP contribution in [0.5, 0.6) is 0 Å². The Labute approximate surface area is 133 Å². The molecule has 1 saturated heterocycles. The van der Waals surface area contributed by atoms with E-state index in [-0.39, 0.29) is 5.91 Å². The number of hydrogen-bond acceptors (Lipinski definition) is 2. The van der Waals surface area contributed by atoms with Crippen LogP contribution in [0.4, 0.5) is 0 Å². The largest absolute Gasteiger partial charge is 0.353 e. The molecule has 3 heterocycles. The molecule has 22 heavy (non-hydrogen) atoms. The van der Waals surface area contributed by atoms with E-state index in [4.69, 9.17) is 0 Å². The number of likely N-dealkylation sites (tertiary alicyclic amines) is 1. The van der Waals surface area contributed by atoms with Gasteiger partial charge in [-0.05, 0) is 43.4 Å². The number of aromatic nitrogens is 1. The predicted molar refractivity (Wildman–Crippen MR) is 88.6 cm³/mol. The second-order valence-corrected chi connectivity index (χ2v) is 6.49. The Kier molecular flexibility index (Phi) is 4.98. The highest BCUT2D eigenvalue weighted by Gasteiger charge is 2.29. The Hall–Kier alpha value is -1.55. The molecule has 0 aromatic carbocycles. The molecule has 1 aromatic heterocycles. The Morgan fingerprint density at radius 3 is 2.77 bits per heavy atom. The van der Waals surface area contributed by atoms with Gasteiger partial charge in [-0.3, -0.25) is 9.69 Å². The summed E-state index contributed by atoms with van der Waals surface area (Å²) in [5.74, 6) is 0.232. The quantitative estimate of drug-likeness (QED) is 0.800. The number of carbonyl (C=O) groups is 1. The molecule has 0 bridgehead atoms. The molecule has 3 rings (SSSR count). The number of piperidine rings is 1. The van der Waals surface area contributed by atoms with E-state index in [1.165, 1.54) is 12.0 Å². The van der Waals surface area contributed by atoms with Crippen LogP contribution in [0.1, 0.15) is 32.6 Å². The van der Waals surface area contributed by atoms with Gasteiger partial charge in [0.1, 0.15) is 0 Å². The van der Waals surface area contributed by atoms with E-state index in [0.29, 0.717) is 6.04 Å². The molecule has 0 aliphatic carbocycles. The first-order valence-electron chi connectivity index (χ1n) is 8.53. The number of carbonyl (C=O) groups excluding carboxylic acids is 1. The first-order chi connectivity index (χ1) is 10.7. The SMILES string of the molecule is CC(=O)N1CCCCC1C1=CCCN(CCn2cccc2)C1. The van der Waals surface area contributed by atoms with Crippen LogP contribution in [-0.2, 0) is 11.3 Å². The maximum Gasteiger partial charge on any atom is 0.219 e. The minimum atomic E-state index is 0.232. The minimum absolute atomic E-state index is 0.232. The summed E-state index contributed by atoms with van der Waals surface area (Å²) in [5.41, 5.74) is 1.47. The van der Waals surface area contributed by atoms with E-state index in [2.05, 4.69) is 45.0 Å². The molecule has 0 radical (unpaired) electrons. The standard InChI is InChI=1S/C18H27N3O/c1-16(22)21-12-3-2-8-18(21)17-7-6-11-20(15-17)14-13-19-9-4-5-10-19/h4-5,7,9-10,18H,2-3,6,8,11-15H2,1H3. The van der Waals surface area contributed by atoms with Crippen molar-refractivity contribution in [2.24, 2.45) is 0 Å². The molecule has 1 amide bonds. The number of rotatable bonds is 4. The van der Waals surface area contributed by atoms with Crippen LogP contribution in [0, 0.1) is 0 Å². The Morgan fingerprint density at radius 2 is 2.00 bits per heavy atom. The Balaban J connectivity index is 1.59. The highest BCUT2D eigenvalue weighted by molar-refractivity contribution is 5.74. The zero-order chi connectivity index (χ0) is 15.4. The lowest BCUT2D eigenvalue weighted by Gasteiger charge is -2.40. The van der Waals surface area contributed by atoms with Crippen LogP contribution in [0.3, 0.4) is 0 Å². The van der Waals surface area contributed by atoms with Crippen molar-refractivity contribution in [3.63, 3.8) is 0 Å². The monoisotopic (exact) mass is 301 g/mol. The van der Waals surface area contributed by atoms with Crippen LogP contribution >= 0.6 is 0 Å². The topological polar surface area (TPSA) is 28.5 Å². The summed E-state index contributed by atoms with van der Waals surface area (Å²) in [6.45, 7) is 6.93. The fourth-order valence-electron chi connectivity index (χ4n) is 3.74. The van der Waals surface area contributed by atoms with Crippen LogP contribution in [0.15, 0.2) is 36.2 Å². The van der Waals surface area contributed by atoms with Crippen molar-refractivity contribution in [3.8, 4) is 0 Å². The van der Waals surface area contributed by atoms with E-state index >= 15 is 0 Å². The van der Waals surface area contributed by atoms with E-state index in [1.54, 1.807) is 6.92 Å². The first kappa shape index (κ1) is 15.3. The smallest absolute Gasteiger partial charge is 0.219 e. The van der Waals surface area contributed by atoms with Gasteiger partial charge in [-0.1, -0.05) is 6.08 Å². The van der Waals surface area contributed by atoms with Crippen molar-refractivity contribution in [2.45, 2.75) is 45.2 Å². The minimum Gasteiger partial charge on any atom is -0.353 e. The molecule has 2 aliphatic heterocycles. The third-order valence-electron chi connectivity index (χ3n) is 4.93. The molecular formula is C18H27N3O. The number of nitrogens with zero attached hydrogens (tertiary/aromatic N) is 3. The predicted octanol–water partition coefficient (Wildman–Crippen LogP) is 2.52. The number of amides is 1. The van der Waals surface area contributed by atoms with Gasteiger partial charge in [0.15, 0.2) is 0 Å². The van der Waals surface area contributed by atoms with Crippen LogP contribution < -0.4 is 0 Å². The molecule has 120 valence electrons. The highest BCUT2D eigenvalue weighted by Crippen LogP contribution is 2.26. The molecule has 0 N–H and O–H groups in total. The molecule has 2 aliphatic rings. The van der Waals surface area contributed by atoms with Crippen molar-refractivity contribution in [2.75, 3.05) is 26.2 Å². The lowest BCUT2D eigenvalue weighted by molar-refractivity contribution is -0.131. The summed E-state index contributed by atoms with van der Waals surface area (Å²) in [5, 5.41) is 0. The van der Waals surface area contributed by atoms with Crippen molar-refractivity contribution in [1.29, 1.82) is 0 Å². The average Bonchev–Trinajstić information content (AvgIpc) is 3.07. The van der Waals surface area contributed by atoms with E-state index in [9.17, 15) is 4.79 Å². The molecule has 4 heteroatoms. The lowest BCUT2D eigenvalue weighted by Crippen LogP contribution is -2.47. The van der Waals surface area contributed by atoms with Gasteiger partial charge in [0.2, 0.25) is 5.91 Å². The fourth-order valence-corrected chi connectivity index (χ4v) is 3.74. The van der Waals surface area contributed by atoms with Gasteiger partial charge in [0.05, 0.1) is 6.04 Å². The van der Waals surface area contributed by atoms with E-state index in [0.717, 1.165) is 52.0 Å². The molecule has 1 unspecified atom stereocenters. The lowest BCUT2D eigenvalue weighted by atomic mass is 9.92. The highest BCUT2D eigenvalue weighted by atomic mass is 16.2. The second-order valence-electron chi connectivity index (χ2n) is 6.49. The zero-order valence-electron chi connectivity index (χ0n) is 13.6. The molecule has 1 atom stereocenters. The summed E-state index contributed by atoms with van der Waals surface area (Å²) in [4.78, 5) is 16.5. The average molecular weight is 301 g/mol. The van der Waals surface area contributed by atoms with Crippen molar-refractivity contribution >= 4 is 5.91 Å². The maximum atomic E-state index is 11.9. The summed E-state index contributed by atoms with van der Waals surface area (Å²) >= 11 is 0. The van der Waals surface area contributed by atoms with Gasteiger partial charge in [-0.2, -0.15) is 0 Å². The molecular weight excluding hydrogens is 274 g/mol. The van der Waals surface area contributed by atoms with Gasteiger partial charge >= 0.3 is 0 Å². The second kappa shape index (κ2) is 7.14. The fraction of sp³-hybridized carbons (Fsp3) is 0.611. The molecule has 4 nitrogen and oxygen atoms in total. The molecule has 0 spiro atoms. The van der Waals surface area contributed by atoms with Crippen molar-refractivity contribution < 1.29 is 4.79 Å². The summed E-state index contributed by atoms with van der Waals surface area (Å²) < 4.78 is 2.24. The van der Waals surface area contributed by atoms with Crippen molar-refractivity contribution in [3.05, 3.63) is 36.2 Å². The van der Waals surface area contributed by atoms with E-state index < -0.39 is 0 Å². The van der Waals surface area contributed by atoms with Crippen LogP contribution in [-0.4, -0.2) is 52.5 Å². The number of hydrogen-bond donors (Lipinski definition) is 0. The third kappa shape index (κ3) is 3.61. The van der Waals surface area contributed by atoms with Gasteiger partial charge in [-0.15, -0.1) is 0 Å². The van der Waals surface area contributed by atoms with Crippen molar-refractivity contribution in [1.82, 2.24) is 14.4 Å². The normalized spacial score (nSPS) is 23.4. The summed E-state index contributed by atoms with van der Waals surface area (Å²) in [6.07, 6.45) is 11.3. The summed E-state index contributed by atoms with van der Waals surface area (Å²) in [6, 6.07) is 4.50. The van der Waals surface area contributed by atoms with Gasteiger partial charge in [-0.25, -0.2) is 0 Å². The third-order valence-corrected chi connectivity index (χ3v) is 4.93. The Morgan fingerprint density at radius 1 is 1.18 bits per heavy atom.